The first-order valence-electron chi connectivity index (χ1n) is 14.9. The molecule has 0 amide bonds. The van der Waals surface area contributed by atoms with Crippen molar-refractivity contribution in [2.75, 3.05) is 13.2 Å². The van der Waals surface area contributed by atoms with Gasteiger partial charge in [-0.15, -0.1) is 6.58 Å². The molecular weight excluding hydrogens is 428 g/mol. The summed E-state index contributed by atoms with van der Waals surface area (Å²) in [4.78, 5) is 0. The quantitative estimate of drug-likeness (QED) is 0.400. The molecule has 0 aromatic carbocycles. The van der Waals surface area contributed by atoms with Gasteiger partial charge in [-0.2, -0.15) is 0 Å². The SMILES string of the molecule is C=CCO[C@H]1CC[C@]2(C)[C@H]3CC[C@@H]4[C@H]5[C@H](C(=C)C)CC[C@]5(CO)CC[C@@]4(C)[C@]3(C)CC[C@H]2C1(C)C. The molecule has 10 atom stereocenters. The third kappa shape index (κ3) is 3.33. The van der Waals surface area contributed by atoms with Crippen molar-refractivity contribution in [1.29, 1.82) is 0 Å². The molecule has 5 saturated carbocycles. The summed E-state index contributed by atoms with van der Waals surface area (Å²) < 4.78 is 6.36. The molecule has 198 valence electrons. The van der Waals surface area contributed by atoms with E-state index in [1.807, 2.05) is 6.08 Å². The van der Waals surface area contributed by atoms with Crippen LogP contribution in [0.15, 0.2) is 24.8 Å². The van der Waals surface area contributed by atoms with Gasteiger partial charge in [0.05, 0.1) is 12.7 Å². The second-order valence-electron chi connectivity index (χ2n) is 15.2. The van der Waals surface area contributed by atoms with Gasteiger partial charge < -0.3 is 9.84 Å². The highest BCUT2D eigenvalue weighted by molar-refractivity contribution is 5.21. The average Bonchev–Trinajstić information content (AvgIpc) is 3.19. The van der Waals surface area contributed by atoms with Gasteiger partial charge in [0.15, 0.2) is 0 Å². The van der Waals surface area contributed by atoms with Crippen LogP contribution in [0.1, 0.15) is 106 Å². The molecule has 0 saturated heterocycles. The predicted octanol–water partition coefficient (Wildman–Crippen LogP) is 8.21. The maximum absolute atomic E-state index is 10.7. The van der Waals surface area contributed by atoms with Crippen molar-refractivity contribution in [2.24, 2.45) is 56.7 Å². The van der Waals surface area contributed by atoms with Gasteiger partial charge in [-0.25, -0.2) is 0 Å². The highest BCUT2D eigenvalue weighted by Crippen LogP contribution is 2.77. The Morgan fingerprint density at radius 3 is 2.29 bits per heavy atom. The second kappa shape index (κ2) is 8.45. The monoisotopic (exact) mass is 482 g/mol. The van der Waals surface area contributed by atoms with E-state index in [-0.39, 0.29) is 10.8 Å². The lowest BCUT2D eigenvalue weighted by atomic mass is 9.32. The second-order valence-corrected chi connectivity index (χ2v) is 15.2. The molecule has 0 aromatic rings. The molecule has 5 aliphatic carbocycles. The number of hydrogen-bond donors (Lipinski definition) is 1. The fraction of sp³-hybridized carbons (Fsp3) is 0.879. The molecule has 0 aromatic heterocycles. The molecular formula is C33H54O2. The van der Waals surface area contributed by atoms with Gasteiger partial charge in [0.2, 0.25) is 0 Å². The van der Waals surface area contributed by atoms with Crippen LogP contribution in [-0.2, 0) is 4.74 Å². The van der Waals surface area contributed by atoms with Crippen LogP contribution >= 0.6 is 0 Å². The van der Waals surface area contributed by atoms with Crippen LogP contribution in [0.5, 0.6) is 0 Å². The maximum Gasteiger partial charge on any atom is 0.0648 e. The molecule has 5 aliphatic rings. The Labute approximate surface area is 216 Å². The van der Waals surface area contributed by atoms with Crippen LogP contribution in [0, 0.1) is 56.7 Å². The normalized spacial score (nSPS) is 52.5. The van der Waals surface area contributed by atoms with Gasteiger partial charge in [-0.05, 0) is 128 Å². The molecule has 0 spiro atoms. The van der Waals surface area contributed by atoms with E-state index in [4.69, 9.17) is 4.74 Å². The fourth-order valence-corrected chi connectivity index (χ4v) is 12.0. The van der Waals surface area contributed by atoms with Gasteiger partial charge in [-0.1, -0.05) is 52.8 Å². The Balaban J connectivity index is 1.49. The Morgan fingerprint density at radius 1 is 0.886 bits per heavy atom. The number of ether oxygens (including phenoxy) is 1. The van der Waals surface area contributed by atoms with Crippen LogP contribution < -0.4 is 0 Å². The fourth-order valence-electron chi connectivity index (χ4n) is 12.0. The molecule has 0 aliphatic heterocycles. The average molecular weight is 483 g/mol. The van der Waals surface area contributed by atoms with Crippen LogP contribution in [0.2, 0.25) is 0 Å². The molecule has 0 radical (unpaired) electrons. The van der Waals surface area contributed by atoms with Crippen molar-refractivity contribution < 1.29 is 9.84 Å². The first-order chi connectivity index (χ1) is 16.4. The van der Waals surface area contributed by atoms with Crippen molar-refractivity contribution in [3.63, 3.8) is 0 Å². The molecule has 5 rings (SSSR count). The first kappa shape index (κ1) is 26.0. The van der Waals surface area contributed by atoms with E-state index in [0.29, 0.717) is 47.4 Å². The molecule has 5 fully saturated rings. The van der Waals surface area contributed by atoms with E-state index < -0.39 is 0 Å². The van der Waals surface area contributed by atoms with E-state index in [2.05, 4.69) is 54.7 Å². The first-order valence-corrected chi connectivity index (χ1v) is 14.9. The summed E-state index contributed by atoms with van der Waals surface area (Å²) in [6, 6.07) is 0. The molecule has 2 nitrogen and oxygen atoms in total. The number of allylic oxidation sites excluding steroid dienone is 1. The zero-order valence-electron chi connectivity index (χ0n) is 23.8. The summed E-state index contributed by atoms with van der Waals surface area (Å²) in [5.41, 5.74) is 2.89. The van der Waals surface area contributed by atoms with E-state index in [1.54, 1.807) is 0 Å². The summed E-state index contributed by atoms with van der Waals surface area (Å²) in [7, 11) is 0. The number of aliphatic hydroxyl groups excluding tert-OH is 1. The summed E-state index contributed by atoms with van der Waals surface area (Å²) in [5, 5.41) is 10.7. The zero-order chi connectivity index (χ0) is 25.4. The number of fused-ring (bicyclic) bond motifs is 7. The maximum atomic E-state index is 10.7. The van der Waals surface area contributed by atoms with Crippen LogP contribution in [0.25, 0.3) is 0 Å². The lowest BCUT2D eigenvalue weighted by Gasteiger charge is -2.73. The van der Waals surface area contributed by atoms with E-state index >= 15 is 0 Å². The van der Waals surface area contributed by atoms with Gasteiger partial charge in [0, 0.05) is 6.61 Å². The van der Waals surface area contributed by atoms with Crippen molar-refractivity contribution >= 4 is 0 Å². The lowest BCUT2D eigenvalue weighted by Crippen LogP contribution is -2.67. The Kier molecular flexibility index (Phi) is 6.29. The van der Waals surface area contributed by atoms with Crippen molar-refractivity contribution in [1.82, 2.24) is 0 Å². The molecule has 35 heavy (non-hydrogen) atoms. The van der Waals surface area contributed by atoms with Crippen molar-refractivity contribution in [2.45, 2.75) is 112 Å². The molecule has 2 heteroatoms. The van der Waals surface area contributed by atoms with Crippen molar-refractivity contribution in [3.8, 4) is 0 Å². The summed E-state index contributed by atoms with van der Waals surface area (Å²) in [5.74, 6) is 3.49. The summed E-state index contributed by atoms with van der Waals surface area (Å²) in [6.07, 6.45) is 15.2. The molecule has 0 bridgehead atoms. The zero-order valence-corrected chi connectivity index (χ0v) is 23.8. The minimum absolute atomic E-state index is 0.153. The van der Waals surface area contributed by atoms with Gasteiger partial charge in [0.1, 0.15) is 0 Å². The summed E-state index contributed by atoms with van der Waals surface area (Å²) >= 11 is 0. The van der Waals surface area contributed by atoms with E-state index in [1.165, 1.54) is 69.8 Å². The minimum Gasteiger partial charge on any atom is -0.396 e. The van der Waals surface area contributed by atoms with Crippen molar-refractivity contribution in [3.05, 3.63) is 24.8 Å². The Hall–Kier alpha value is -0.600. The third-order valence-electron chi connectivity index (χ3n) is 13.9. The summed E-state index contributed by atoms with van der Waals surface area (Å²) in [6.45, 7) is 24.8. The Bertz CT molecular complexity index is 859. The topological polar surface area (TPSA) is 29.5 Å². The predicted molar refractivity (Wildman–Crippen MR) is 146 cm³/mol. The Morgan fingerprint density at radius 2 is 1.63 bits per heavy atom. The molecule has 0 unspecified atom stereocenters. The minimum atomic E-state index is 0.153. The van der Waals surface area contributed by atoms with Crippen LogP contribution in [-0.4, -0.2) is 24.4 Å². The smallest absolute Gasteiger partial charge is 0.0648 e. The third-order valence-corrected chi connectivity index (χ3v) is 13.9. The van der Waals surface area contributed by atoms with Crippen LogP contribution in [0.4, 0.5) is 0 Å². The standard InChI is InChI=1S/C33H54O2/c1-9-20-35-27-14-15-30(6)25(29(27,4)5)13-16-32(8)26(30)11-10-24-28-23(22(2)3)12-17-33(28,21-34)19-18-31(24,32)7/h9,23-28,34H,1-2,10-21H2,3-8H3/t23-,24+,25-,26+,27-,28+,30-,31+,32+,33+/m0/s1. The highest BCUT2D eigenvalue weighted by Gasteiger charge is 2.70. The highest BCUT2D eigenvalue weighted by atomic mass is 16.5. The van der Waals surface area contributed by atoms with E-state index in [0.717, 1.165) is 17.8 Å². The van der Waals surface area contributed by atoms with Gasteiger partial charge in [-0.3, -0.25) is 0 Å². The van der Waals surface area contributed by atoms with Gasteiger partial charge in [0.25, 0.3) is 0 Å². The molecule has 0 heterocycles. The van der Waals surface area contributed by atoms with E-state index in [9.17, 15) is 5.11 Å². The number of rotatable bonds is 5. The lowest BCUT2D eigenvalue weighted by molar-refractivity contribution is -0.252. The largest absolute Gasteiger partial charge is 0.396 e. The molecule has 1 N–H and O–H groups in total. The number of aliphatic hydroxyl groups is 1. The van der Waals surface area contributed by atoms with Gasteiger partial charge >= 0.3 is 0 Å². The number of hydrogen-bond acceptors (Lipinski definition) is 2. The van der Waals surface area contributed by atoms with Crippen LogP contribution in [0.3, 0.4) is 0 Å².